The summed E-state index contributed by atoms with van der Waals surface area (Å²) in [6, 6.07) is 38.0. The number of benzene rings is 4. The average Bonchev–Trinajstić information content (AvgIpc) is 2.80. The number of nitrogens with zero attached hydrogens (tertiary/aromatic N) is 1. The lowest BCUT2D eigenvalue weighted by Gasteiger charge is -2.19. The number of aliphatic imine (C=N–C) groups is 1. The normalized spacial score (nSPS) is 11.1. The Hall–Kier alpha value is -3.22. The van der Waals surface area contributed by atoms with Crippen LogP contribution < -0.4 is 20.7 Å². The zero-order valence-corrected chi connectivity index (χ0v) is 17.2. The fraction of sp³-hybridized carbons (Fsp3) is 0.0385. The van der Waals surface area contributed by atoms with Crippen LogP contribution in [0.15, 0.2) is 114 Å². The Kier molecular flexibility index (Phi) is 6.14. The van der Waals surface area contributed by atoms with E-state index in [1.165, 1.54) is 15.9 Å². The fourth-order valence-electron chi connectivity index (χ4n) is 3.13. The second kappa shape index (κ2) is 9.32. The summed E-state index contributed by atoms with van der Waals surface area (Å²) in [5.41, 5.74) is 1.99. The quantitative estimate of drug-likeness (QED) is 0.325. The number of rotatable bonds is 6. The highest BCUT2D eigenvalue weighted by Crippen LogP contribution is 2.32. The average molecular weight is 395 g/mol. The molecule has 29 heavy (non-hydrogen) atoms. The number of hydrogen-bond donors (Lipinski definition) is 0. The van der Waals surface area contributed by atoms with E-state index in [-0.39, 0.29) is 0 Å². The Morgan fingerprint density at radius 3 is 1.66 bits per heavy atom. The summed E-state index contributed by atoms with van der Waals surface area (Å²) in [4.78, 5) is 4.57. The van der Waals surface area contributed by atoms with E-state index in [1.807, 2.05) is 30.5 Å². The predicted octanol–water partition coefficient (Wildman–Crippen LogP) is 5.20. The third-order valence-corrected chi connectivity index (χ3v) is 7.06. The molecule has 4 aromatic carbocycles. The molecule has 0 aliphatic carbocycles. The van der Waals surface area contributed by atoms with Crippen molar-refractivity contribution < 1.29 is 4.74 Å². The summed E-state index contributed by atoms with van der Waals surface area (Å²) in [6.45, 7) is 0. The lowest BCUT2D eigenvalue weighted by molar-refractivity contribution is 0.415. The molecule has 0 atom stereocenters. The van der Waals surface area contributed by atoms with E-state index in [0.717, 1.165) is 17.0 Å². The van der Waals surface area contributed by atoms with E-state index in [1.54, 1.807) is 7.11 Å². The fourth-order valence-corrected chi connectivity index (χ4v) is 5.41. The van der Waals surface area contributed by atoms with Crippen molar-refractivity contribution in [2.45, 2.75) is 0 Å². The number of ether oxygens (including phenoxy) is 1. The van der Waals surface area contributed by atoms with E-state index < -0.39 is 7.92 Å². The SMILES string of the molecule is COc1ccc(N=Cc2ccc(P(c3ccccc3)c3ccccc3)cc2)cc1. The molecule has 0 amide bonds. The minimum Gasteiger partial charge on any atom is -0.497 e. The molecule has 0 heterocycles. The Morgan fingerprint density at radius 1 is 0.621 bits per heavy atom. The van der Waals surface area contributed by atoms with Gasteiger partial charge < -0.3 is 4.74 Å². The van der Waals surface area contributed by atoms with Crippen molar-refractivity contribution in [3.8, 4) is 5.75 Å². The van der Waals surface area contributed by atoms with E-state index in [0.29, 0.717) is 0 Å². The molecule has 4 rings (SSSR count). The van der Waals surface area contributed by atoms with Gasteiger partial charge in [-0.3, -0.25) is 4.99 Å². The summed E-state index contributed by atoms with van der Waals surface area (Å²) >= 11 is 0. The largest absolute Gasteiger partial charge is 0.497 e. The molecule has 2 nitrogen and oxygen atoms in total. The van der Waals surface area contributed by atoms with Crippen molar-refractivity contribution in [1.82, 2.24) is 0 Å². The maximum absolute atomic E-state index is 5.19. The van der Waals surface area contributed by atoms with Gasteiger partial charge in [-0.2, -0.15) is 0 Å². The molecule has 4 aromatic rings. The monoisotopic (exact) mass is 395 g/mol. The molecule has 142 valence electrons. The Labute approximate surface area is 173 Å². The van der Waals surface area contributed by atoms with E-state index in [9.17, 15) is 0 Å². The summed E-state index contributed by atoms with van der Waals surface area (Å²) in [7, 11) is 1.09. The highest BCUT2D eigenvalue weighted by atomic mass is 31.1. The van der Waals surface area contributed by atoms with Gasteiger partial charge in [0.25, 0.3) is 0 Å². The van der Waals surface area contributed by atoms with Gasteiger partial charge in [-0.15, -0.1) is 0 Å². The molecule has 0 saturated carbocycles. The molecule has 0 aromatic heterocycles. The predicted molar refractivity (Wildman–Crippen MR) is 125 cm³/mol. The summed E-state index contributed by atoms with van der Waals surface area (Å²) in [6.07, 6.45) is 1.90. The second-order valence-corrected chi connectivity index (χ2v) is 8.77. The van der Waals surface area contributed by atoms with Crippen LogP contribution >= 0.6 is 7.92 Å². The van der Waals surface area contributed by atoms with Gasteiger partial charge in [0.05, 0.1) is 12.8 Å². The molecule has 0 N–H and O–H groups in total. The molecular weight excluding hydrogens is 373 g/mol. The molecule has 3 heteroatoms. The van der Waals surface area contributed by atoms with Crippen LogP contribution in [0.2, 0.25) is 0 Å². The zero-order chi connectivity index (χ0) is 19.9. The first-order chi connectivity index (χ1) is 14.3. The van der Waals surface area contributed by atoms with Gasteiger partial charge in [-0.1, -0.05) is 84.9 Å². The van der Waals surface area contributed by atoms with Gasteiger partial charge in [-0.25, -0.2) is 0 Å². The van der Waals surface area contributed by atoms with Crippen molar-refractivity contribution >= 4 is 35.7 Å². The van der Waals surface area contributed by atoms with Crippen LogP contribution in [0.25, 0.3) is 0 Å². The molecule has 0 bridgehead atoms. The van der Waals surface area contributed by atoms with Crippen LogP contribution in [-0.4, -0.2) is 13.3 Å². The highest BCUT2D eigenvalue weighted by Gasteiger charge is 2.15. The smallest absolute Gasteiger partial charge is 0.119 e. The zero-order valence-electron chi connectivity index (χ0n) is 16.3. The molecule has 0 saturated heterocycles. The molecule has 0 fully saturated rings. The lowest BCUT2D eigenvalue weighted by Crippen LogP contribution is -2.20. The lowest BCUT2D eigenvalue weighted by atomic mass is 10.2. The first-order valence-corrected chi connectivity index (χ1v) is 10.9. The van der Waals surface area contributed by atoms with Crippen molar-refractivity contribution in [3.63, 3.8) is 0 Å². The molecule has 0 radical (unpaired) electrons. The van der Waals surface area contributed by atoms with Crippen LogP contribution in [0.3, 0.4) is 0 Å². The maximum Gasteiger partial charge on any atom is 0.119 e. The van der Waals surface area contributed by atoms with Crippen molar-refractivity contribution in [2.75, 3.05) is 7.11 Å². The molecule has 0 unspecified atom stereocenters. The maximum atomic E-state index is 5.19. The van der Waals surface area contributed by atoms with Crippen LogP contribution in [0.5, 0.6) is 5.75 Å². The van der Waals surface area contributed by atoms with Gasteiger partial charge in [-0.05, 0) is 53.7 Å². The van der Waals surface area contributed by atoms with Crippen molar-refractivity contribution in [3.05, 3.63) is 115 Å². The topological polar surface area (TPSA) is 21.6 Å². The minimum absolute atomic E-state index is 0.576. The molecule has 0 aliphatic rings. The van der Waals surface area contributed by atoms with E-state index >= 15 is 0 Å². The summed E-state index contributed by atoms with van der Waals surface area (Å²) in [5.74, 6) is 0.837. The first kappa shape index (κ1) is 19.1. The Balaban J connectivity index is 1.59. The standard InChI is InChI=1S/C26H22NOP/c1-28-23-16-14-22(15-17-23)27-20-21-12-18-26(19-13-21)29(24-8-4-2-5-9-24)25-10-6-3-7-11-25/h2-20H,1H3. The first-order valence-electron chi connectivity index (χ1n) is 9.52. The van der Waals surface area contributed by atoms with Gasteiger partial charge >= 0.3 is 0 Å². The van der Waals surface area contributed by atoms with Gasteiger partial charge in [0, 0.05) is 6.21 Å². The minimum atomic E-state index is -0.576. The molecule has 0 aliphatic heterocycles. The van der Waals surface area contributed by atoms with Crippen molar-refractivity contribution in [1.29, 1.82) is 0 Å². The molecule has 0 spiro atoms. The van der Waals surface area contributed by atoms with E-state index in [4.69, 9.17) is 4.74 Å². The van der Waals surface area contributed by atoms with E-state index in [2.05, 4.69) is 89.9 Å². The second-order valence-electron chi connectivity index (χ2n) is 6.55. The number of methoxy groups -OCH3 is 1. The van der Waals surface area contributed by atoms with Gasteiger partial charge in [0.15, 0.2) is 0 Å². The van der Waals surface area contributed by atoms with Gasteiger partial charge in [0.2, 0.25) is 0 Å². The molecular formula is C26H22NOP. The van der Waals surface area contributed by atoms with Gasteiger partial charge in [0.1, 0.15) is 5.75 Å². The van der Waals surface area contributed by atoms with Crippen LogP contribution in [0.1, 0.15) is 5.56 Å². The Morgan fingerprint density at radius 2 is 1.14 bits per heavy atom. The van der Waals surface area contributed by atoms with Crippen LogP contribution in [0.4, 0.5) is 5.69 Å². The van der Waals surface area contributed by atoms with Crippen LogP contribution in [0, 0.1) is 0 Å². The van der Waals surface area contributed by atoms with Crippen LogP contribution in [-0.2, 0) is 0 Å². The third kappa shape index (κ3) is 4.80. The highest BCUT2D eigenvalue weighted by molar-refractivity contribution is 7.79. The Bertz CT molecular complexity index is 1020. The summed E-state index contributed by atoms with van der Waals surface area (Å²) < 4.78 is 5.19. The third-order valence-electron chi connectivity index (χ3n) is 4.62. The summed E-state index contributed by atoms with van der Waals surface area (Å²) in [5, 5.41) is 4.04. The van der Waals surface area contributed by atoms with Crippen molar-refractivity contribution in [2.24, 2.45) is 4.99 Å². The number of hydrogen-bond acceptors (Lipinski definition) is 2.